The summed E-state index contributed by atoms with van der Waals surface area (Å²) >= 11 is 0. The highest BCUT2D eigenvalue weighted by atomic mass is 32.2. The SMILES string of the molecule is COc1ccc(N2CCCCC2)cc1NS(=O)(=O)Cc1ccc(C)cc1. The number of aryl methyl sites for hydroxylation is 1. The van der Waals surface area contributed by atoms with E-state index in [-0.39, 0.29) is 5.75 Å². The fraction of sp³-hybridized carbons (Fsp3) is 0.400. The summed E-state index contributed by atoms with van der Waals surface area (Å²) in [5.74, 6) is 0.461. The van der Waals surface area contributed by atoms with Crippen LogP contribution in [0.3, 0.4) is 0 Å². The maximum atomic E-state index is 12.6. The Balaban J connectivity index is 1.81. The summed E-state index contributed by atoms with van der Waals surface area (Å²) in [5, 5.41) is 0. The molecule has 5 nitrogen and oxygen atoms in total. The Morgan fingerprint density at radius 1 is 1.04 bits per heavy atom. The van der Waals surface area contributed by atoms with Crippen LogP contribution in [0.2, 0.25) is 0 Å². The van der Waals surface area contributed by atoms with Crippen molar-refractivity contribution in [3.8, 4) is 5.75 Å². The Hall–Kier alpha value is -2.21. The molecule has 3 rings (SSSR count). The number of hydrogen-bond acceptors (Lipinski definition) is 4. The number of ether oxygens (including phenoxy) is 1. The van der Waals surface area contributed by atoms with E-state index in [2.05, 4.69) is 9.62 Å². The topological polar surface area (TPSA) is 58.6 Å². The molecule has 1 fully saturated rings. The first-order chi connectivity index (χ1) is 12.5. The Bertz CT molecular complexity index is 842. The van der Waals surface area contributed by atoms with Gasteiger partial charge in [-0.25, -0.2) is 8.42 Å². The van der Waals surface area contributed by atoms with E-state index < -0.39 is 10.0 Å². The number of hydrogen-bond donors (Lipinski definition) is 1. The molecule has 0 aliphatic carbocycles. The van der Waals surface area contributed by atoms with Gasteiger partial charge in [0.15, 0.2) is 0 Å². The van der Waals surface area contributed by atoms with Gasteiger partial charge in [-0.2, -0.15) is 0 Å². The van der Waals surface area contributed by atoms with Crippen LogP contribution in [0.15, 0.2) is 42.5 Å². The van der Waals surface area contributed by atoms with E-state index in [0.29, 0.717) is 11.4 Å². The number of nitrogens with zero attached hydrogens (tertiary/aromatic N) is 1. The van der Waals surface area contributed by atoms with E-state index in [4.69, 9.17) is 4.74 Å². The van der Waals surface area contributed by atoms with Crippen molar-refractivity contribution in [2.75, 3.05) is 29.8 Å². The van der Waals surface area contributed by atoms with E-state index in [9.17, 15) is 8.42 Å². The van der Waals surface area contributed by atoms with E-state index in [1.54, 1.807) is 7.11 Å². The molecule has 26 heavy (non-hydrogen) atoms. The van der Waals surface area contributed by atoms with Crippen molar-refractivity contribution >= 4 is 21.4 Å². The third-order valence-electron chi connectivity index (χ3n) is 4.65. The van der Waals surface area contributed by atoms with E-state index >= 15 is 0 Å². The lowest BCUT2D eigenvalue weighted by Gasteiger charge is -2.29. The number of sulfonamides is 1. The molecule has 2 aromatic carbocycles. The average molecular weight is 375 g/mol. The molecular weight excluding hydrogens is 348 g/mol. The number of piperidine rings is 1. The molecule has 1 aliphatic heterocycles. The highest BCUT2D eigenvalue weighted by molar-refractivity contribution is 7.91. The van der Waals surface area contributed by atoms with Gasteiger partial charge in [0.2, 0.25) is 10.0 Å². The number of nitrogens with one attached hydrogen (secondary N) is 1. The maximum absolute atomic E-state index is 12.6. The van der Waals surface area contributed by atoms with Crippen LogP contribution in [-0.2, 0) is 15.8 Å². The van der Waals surface area contributed by atoms with Gasteiger partial charge in [-0.05, 0) is 49.9 Å². The van der Waals surface area contributed by atoms with Crippen molar-refractivity contribution in [3.05, 3.63) is 53.6 Å². The van der Waals surface area contributed by atoms with Gasteiger partial charge >= 0.3 is 0 Å². The van der Waals surface area contributed by atoms with Gasteiger partial charge in [0, 0.05) is 18.8 Å². The zero-order valence-electron chi connectivity index (χ0n) is 15.4. The summed E-state index contributed by atoms with van der Waals surface area (Å²) in [6.45, 7) is 3.98. The Morgan fingerprint density at radius 3 is 2.38 bits per heavy atom. The summed E-state index contributed by atoms with van der Waals surface area (Å²) in [7, 11) is -1.98. The number of anilines is 2. The minimum atomic E-state index is -3.53. The molecule has 1 saturated heterocycles. The lowest BCUT2D eigenvalue weighted by atomic mass is 10.1. The summed E-state index contributed by atoms with van der Waals surface area (Å²) in [5.41, 5.74) is 3.38. The van der Waals surface area contributed by atoms with Crippen molar-refractivity contribution < 1.29 is 13.2 Å². The highest BCUT2D eigenvalue weighted by Crippen LogP contribution is 2.32. The van der Waals surface area contributed by atoms with Gasteiger partial charge in [-0.15, -0.1) is 0 Å². The number of methoxy groups -OCH3 is 1. The molecule has 0 bridgehead atoms. The van der Waals surface area contributed by atoms with Crippen molar-refractivity contribution in [2.24, 2.45) is 0 Å². The van der Waals surface area contributed by atoms with Crippen molar-refractivity contribution in [2.45, 2.75) is 31.9 Å². The van der Waals surface area contributed by atoms with Crippen molar-refractivity contribution in [1.82, 2.24) is 0 Å². The summed E-state index contributed by atoms with van der Waals surface area (Å²) in [4.78, 5) is 2.29. The first-order valence-corrected chi connectivity index (χ1v) is 10.6. The normalized spacial score (nSPS) is 14.9. The van der Waals surface area contributed by atoms with Crippen molar-refractivity contribution in [1.29, 1.82) is 0 Å². The minimum absolute atomic E-state index is 0.0651. The first kappa shape index (κ1) is 18.6. The molecule has 0 atom stereocenters. The zero-order chi connectivity index (χ0) is 18.6. The Kier molecular flexibility index (Phi) is 5.71. The molecule has 140 valence electrons. The molecular formula is C20H26N2O3S. The van der Waals surface area contributed by atoms with Crippen LogP contribution in [0.4, 0.5) is 11.4 Å². The minimum Gasteiger partial charge on any atom is -0.495 e. The molecule has 0 amide bonds. The van der Waals surface area contributed by atoms with Gasteiger partial charge < -0.3 is 9.64 Å². The quantitative estimate of drug-likeness (QED) is 0.832. The molecule has 0 radical (unpaired) electrons. The predicted molar refractivity (Wildman–Crippen MR) is 106 cm³/mol. The number of benzene rings is 2. The van der Waals surface area contributed by atoms with E-state index in [1.807, 2.05) is 49.4 Å². The predicted octanol–water partition coefficient (Wildman–Crippen LogP) is 3.94. The third kappa shape index (κ3) is 4.69. The second-order valence-electron chi connectivity index (χ2n) is 6.78. The second-order valence-corrected chi connectivity index (χ2v) is 8.50. The van der Waals surface area contributed by atoms with Crippen LogP contribution in [0.1, 0.15) is 30.4 Å². The van der Waals surface area contributed by atoms with Crippen LogP contribution in [0.25, 0.3) is 0 Å². The van der Waals surface area contributed by atoms with E-state index in [0.717, 1.165) is 29.9 Å². The van der Waals surface area contributed by atoms with Crippen LogP contribution in [0.5, 0.6) is 5.75 Å². The van der Waals surface area contributed by atoms with Crippen LogP contribution < -0.4 is 14.4 Å². The van der Waals surface area contributed by atoms with Crippen molar-refractivity contribution in [3.63, 3.8) is 0 Å². The van der Waals surface area contributed by atoms with Gasteiger partial charge in [0.1, 0.15) is 5.75 Å². The summed E-state index contributed by atoms with van der Waals surface area (Å²) in [6, 6.07) is 13.2. The third-order valence-corrected chi connectivity index (χ3v) is 5.89. The average Bonchev–Trinajstić information content (AvgIpc) is 2.64. The fourth-order valence-corrected chi connectivity index (χ4v) is 4.43. The molecule has 6 heteroatoms. The van der Waals surface area contributed by atoms with Crippen LogP contribution in [0, 0.1) is 6.92 Å². The molecule has 0 unspecified atom stereocenters. The molecule has 1 heterocycles. The summed E-state index contributed by atoms with van der Waals surface area (Å²) in [6.07, 6.45) is 3.59. The highest BCUT2D eigenvalue weighted by Gasteiger charge is 2.17. The summed E-state index contributed by atoms with van der Waals surface area (Å²) < 4.78 is 33.3. The van der Waals surface area contributed by atoms with Crippen LogP contribution in [-0.4, -0.2) is 28.6 Å². The maximum Gasteiger partial charge on any atom is 0.237 e. The first-order valence-electron chi connectivity index (χ1n) is 8.96. The fourth-order valence-electron chi connectivity index (χ4n) is 3.23. The van der Waals surface area contributed by atoms with Gasteiger partial charge in [0.25, 0.3) is 0 Å². The smallest absolute Gasteiger partial charge is 0.237 e. The second kappa shape index (κ2) is 7.99. The molecule has 1 N–H and O–H groups in total. The molecule has 0 spiro atoms. The largest absolute Gasteiger partial charge is 0.495 e. The zero-order valence-corrected chi connectivity index (χ0v) is 16.2. The lowest BCUT2D eigenvalue weighted by Crippen LogP contribution is -2.29. The molecule has 0 aromatic heterocycles. The lowest BCUT2D eigenvalue weighted by molar-refractivity contribution is 0.417. The van der Waals surface area contributed by atoms with Gasteiger partial charge in [-0.3, -0.25) is 4.72 Å². The molecule has 0 saturated carbocycles. The molecule has 2 aromatic rings. The monoisotopic (exact) mass is 374 g/mol. The van der Waals surface area contributed by atoms with Crippen LogP contribution >= 0.6 is 0 Å². The molecule has 1 aliphatic rings. The Labute approximate surface area is 156 Å². The standard InChI is InChI=1S/C20H26N2O3S/c1-16-6-8-17(9-7-16)15-26(23,24)21-19-14-18(10-11-20(19)25-2)22-12-4-3-5-13-22/h6-11,14,21H,3-5,12-13,15H2,1-2H3. The Morgan fingerprint density at radius 2 is 1.73 bits per heavy atom. The van der Waals surface area contributed by atoms with Gasteiger partial charge in [0.05, 0.1) is 18.6 Å². The van der Waals surface area contributed by atoms with E-state index in [1.165, 1.54) is 19.3 Å². The number of rotatable bonds is 6. The van der Waals surface area contributed by atoms with Gasteiger partial charge in [-0.1, -0.05) is 29.8 Å².